The van der Waals surface area contributed by atoms with Crippen LogP contribution in [0, 0.1) is 12.7 Å². The Balaban J connectivity index is 1.63. The highest BCUT2D eigenvalue weighted by molar-refractivity contribution is 5.60. The third-order valence-electron chi connectivity index (χ3n) is 5.35. The number of hydrogen-bond acceptors (Lipinski definition) is 5. The van der Waals surface area contributed by atoms with Crippen LogP contribution in [0.1, 0.15) is 49.1 Å². The van der Waals surface area contributed by atoms with E-state index >= 15 is 0 Å². The SMILES string of the molecule is CCCCc1cc(-c2nc(CCOc3ccc(CNCC)cc3F)co2)cc(C)c1OC. The monoisotopic (exact) mass is 440 g/mol. The molecule has 0 fully saturated rings. The zero-order valence-electron chi connectivity index (χ0n) is 19.5. The van der Waals surface area contributed by atoms with Gasteiger partial charge < -0.3 is 19.2 Å². The first-order chi connectivity index (χ1) is 15.5. The first-order valence-electron chi connectivity index (χ1n) is 11.3. The Morgan fingerprint density at radius 1 is 1.12 bits per heavy atom. The van der Waals surface area contributed by atoms with Crippen molar-refractivity contribution in [2.75, 3.05) is 20.3 Å². The number of aryl methyl sites for hydroxylation is 2. The minimum Gasteiger partial charge on any atom is -0.496 e. The van der Waals surface area contributed by atoms with Gasteiger partial charge in [-0.2, -0.15) is 0 Å². The quantitative estimate of drug-likeness (QED) is 0.382. The van der Waals surface area contributed by atoms with Gasteiger partial charge in [-0.1, -0.05) is 26.3 Å². The van der Waals surface area contributed by atoms with Gasteiger partial charge in [0.05, 0.1) is 19.4 Å². The Morgan fingerprint density at radius 3 is 2.69 bits per heavy atom. The smallest absolute Gasteiger partial charge is 0.226 e. The molecule has 0 saturated heterocycles. The predicted octanol–water partition coefficient (Wildman–Crippen LogP) is 5.87. The Labute approximate surface area is 190 Å². The lowest BCUT2D eigenvalue weighted by Gasteiger charge is -2.12. The minimum atomic E-state index is -0.352. The van der Waals surface area contributed by atoms with Crippen molar-refractivity contribution in [3.05, 3.63) is 64.8 Å². The fourth-order valence-electron chi connectivity index (χ4n) is 3.68. The molecule has 1 N–H and O–H groups in total. The summed E-state index contributed by atoms with van der Waals surface area (Å²) in [5, 5.41) is 3.18. The van der Waals surface area contributed by atoms with Crippen LogP contribution in [0.5, 0.6) is 11.5 Å². The summed E-state index contributed by atoms with van der Waals surface area (Å²) < 4.78 is 31.2. The summed E-state index contributed by atoms with van der Waals surface area (Å²) in [5.41, 5.74) is 4.83. The molecule has 1 aromatic heterocycles. The van der Waals surface area contributed by atoms with E-state index in [1.54, 1.807) is 19.4 Å². The Hall–Kier alpha value is -2.86. The number of nitrogens with one attached hydrogen (secondary N) is 1. The van der Waals surface area contributed by atoms with Crippen molar-refractivity contribution >= 4 is 0 Å². The van der Waals surface area contributed by atoms with Crippen LogP contribution in [0.3, 0.4) is 0 Å². The highest BCUT2D eigenvalue weighted by Gasteiger charge is 2.14. The zero-order valence-corrected chi connectivity index (χ0v) is 19.5. The number of nitrogens with zero attached hydrogens (tertiary/aromatic N) is 1. The molecule has 3 rings (SSSR count). The van der Waals surface area contributed by atoms with E-state index in [2.05, 4.69) is 23.3 Å². The maximum absolute atomic E-state index is 14.3. The number of benzene rings is 2. The Kier molecular flexibility index (Phi) is 8.68. The Bertz CT molecular complexity index is 1020. The maximum atomic E-state index is 14.3. The summed E-state index contributed by atoms with van der Waals surface area (Å²) in [6, 6.07) is 9.18. The second-order valence-corrected chi connectivity index (χ2v) is 7.88. The lowest BCUT2D eigenvalue weighted by Crippen LogP contribution is -2.12. The largest absolute Gasteiger partial charge is 0.496 e. The Morgan fingerprint density at radius 2 is 1.97 bits per heavy atom. The number of methoxy groups -OCH3 is 1. The molecule has 0 spiro atoms. The second kappa shape index (κ2) is 11.7. The van der Waals surface area contributed by atoms with E-state index in [-0.39, 0.29) is 11.6 Å². The zero-order chi connectivity index (χ0) is 22.9. The van der Waals surface area contributed by atoms with Gasteiger partial charge in [0.15, 0.2) is 11.6 Å². The normalized spacial score (nSPS) is 11.0. The molecule has 1 heterocycles. The molecule has 0 unspecified atom stereocenters. The number of rotatable bonds is 12. The van der Waals surface area contributed by atoms with Gasteiger partial charge in [-0.15, -0.1) is 0 Å². The number of aromatic nitrogens is 1. The molecule has 172 valence electrons. The van der Waals surface area contributed by atoms with Crippen molar-refractivity contribution < 1.29 is 18.3 Å². The lowest BCUT2D eigenvalue weighted by molar-refractivity contribution is 0.303. The first kappa shape index (κ1) is 23.8. The molecule has 0 atom stereocenters. The van der Waals surface area contributed by atoms with Crippen LogP contribution >= 0.6 is 0 Å². The van der Waals surface area contributed by atoms with E-state index in [1.165, 1.54) is 11.6 Å². The van der Waals surface area contributed by atoms with Crippen molar-refractivity contribution in [2.24, 2.45) is 0 Å². The van der Waals surface area contributed by atoms with Gasteiger partial charge in [0.2, 0.25) is 5.89 Å². The lowest BCUT2D eigenvalue weighted by atomic mass is 10.0. The fraction of sp³-hybridized carbons (Fsp3) is 0.423. The van der Waals surface area contributed by atoms with Crippen molar-refractivity contribution in [1.29, 1.82) is 0 Å². The molecule has 0 aliphatic heterocycles. The van der Waals surface area contributed by atoms with Gasteiger partial charge >= 0.3 is 0 Å². The third kappa shape index (κ3) is 6.10. The fourth-order valence-corrected chi connectivity index (χ4v) is 3.68. The molecule has 0 saturated carbocycles. The number of halogens is 1. The molecule has 3 aromatic rings. The van der Waals surface area contributed by atoms with Crippen molar-refractivity contribution in [1.82, 2.24) is 10.3 Å². The average molecular weight is 441 g/mol. The van der Waals surface area contributed by atoms with Crippen LogP contribution in [0.15, 0.2) is 41.0 Å². The highest BCUT2D eigenvalue weighted by atomic mass is 19.1. The molecule has 6 heteroatoms. The highest BCUT2D eigenvalue weighted by Crippen LogP contribution is 2.31. The summed E-state index contributed by atoms with van der Waals surface area (Å²) in [6.45, 7) is 8.03. The number of oxazole rings is 1. The third-order valence-corrected chi connectivity index (χ3v) is 5.35. The number of hydrogen-bond donors (Lipinski definition) is 1. The molecule has 2 aromatic carbocycles. The van der Waals surface area contributed by atoms with Crippen LogP contribution in [0.2, 0.25) is 0 Å². The molecule has 0 amide bonds. The van der Waals surface area contributed by atoms with E-state index in [1.807, 2.05) is 26.0 Å². The van der Waals surface area contributed by atoms with E-state index in [0.717, 1.165) is 53.9 Å². The average Bonchev–Trinajstić information content (AvgIpc) is 3.26. The molecule has 0 radical (unpaired) electrons. The van der Waals surface area contributed by atoms with E-state index in [9.17, 15) is 4.39 Å². The molecule has 5 nitrogen and oxygen atoms in total. The van der Waals surface area contributed by atoms with Crippen LogP contribution in [-0.4, -0.2) is 25.2 Å². The topological polar surface area (TPSA) is 56.5 Å². The predicted molar refractivity (Wildman–Crippen MR) is 125 cm³/mol. The van der Waals surface area contributed by atoms with Gasteiger partial charge in [0, 0.05) is 18.5 Å². The first-order valence-corrected chi connectivity index (χ1v) is 11.3. The molecule has 0 aliphatic carbocycles. The molecule has 0 aliphatic rings. The van der Waals surface area contributed by atoms with Crippen LogP contribution in [0.25, 0.3) is 11.5 Å². The summed E-state index contributed by atoms with van der Waals surface area (Å²) in [5.74, 6) is 1.40. The molecule has 0 bridgehead atoms. The van der Waals surface area contributed by atoms with Crippen molar-refractivity contribution in [3.63, 3.8) is 0 Å². The second-order valence-electron chi connectivity index (χ2n) is 7.88. The summed E-state index contributed by atoms with van der Waals surface area (Å²) in [4.78, 5) is 4.61. The minimum absolute atomic E-state index is 0.250. The standard InChI is InChI=1S/C26H33FN2O3/c1-5-7-8-20-15-21(13-18(3)25(20)30-4)26-29-22(17-32-26)11-12-31-24-10-9-19(14-23(24)27)16-28-6-2/h9-10,13-15,17,28H,5-8,11-12,16H2,1-4H3. The van der Waals surface area contributed by atoms with Gasteiger partial charge in [-0.3, -0.25) is 0 Å². The summed E-state index contributed by atoms with van der Waals surface area (Å²) in [7, 11) is 1.71. The summed E-state index contributed by atoms with van der Waals surface area (Å²) in [6.07, 6.45) is 5.34. The number of ether oxygens (including phenoxy) is 2. The maximum Gasteiger partial charge on any atom is 0.226 e. The van der Waals surface area contributed by atoms with Gasteiger partial charge in [0.1, 0.15) is 12.0 Å². The summed E-state index contributed by atoms with van der Waals surface area (Å²) >= 11 is 0. The van der Waals surface area contributed by atoms with Crippen molar-refractivity contribution in [3.8, 4) is 23.0 Å². The van der Waals surface area contributed by atoms with Crippen molar-refractivity contribution in [2.45, 2.75) is 53.0 Å². The van der Waals surface area contributed by atoms with E-state index in [4.69, 9.17) is 13.9 Å². The van der Waals surface area contributed by atoms with Crippen LogP contribution < -0.4 is 14.8 Å². The van der Waals surface area contributed by atoms with Crippen LogP contribution in [0.4, 0.5) is 4.39 Å². The molecule has 32 heavy (non-hydrogen) atoms. The molecular formula is C26H33FN2O3. The number of unbranched alkanes of at least 4 members (excludes halogenated alkanes) is 1. The van der Waals surface area contributed by atoms with Gasteiger partial charge in [-0.05, 0) is 67.3 Å². The molecular weight excluding hydrogens is 407 g/mol. The van der Waals surface area contributed by atoms with E-state index < -0.39 is 0 Å². The van der Waals surface area contributed by atoms with Crippen LogP contribution in [-0.2, 0) is 19.4 Å². The van der Waals surface area contributed by atoms with E-state index in [0.29, 0.717) is 25.5 Å². The van der Waals surface area contributed by atoms with Gasteiger partial charge in [0.25, 0.3) is 0 Å². The van der Waals surface area contributed by atoms with Gasteiger partial charge in [-0.25, -0.2) is 9.37 Å².